The quantitative estimate of drug-likeness (QED) is 0.845. The van der Waals surface area contributed by atoms with Crippen molar-refractivity contribution in [1.29, 1.82) is 0 Å². The second-order valence-electron chi connectivity index (χ2n) is 9.38. The molecular formula is C24H33N3O2. The summed E-state index contributed by atoms with van der Waals surface area (Å²) in [4.78, 5) is 34.7. The summed E-state index contributed by atoms with van der Waals surface area (Å²) in [6.45, 7) is 11.3. The smallest absolute Gasteiger partial charge is 0.264 e. The van der Waals surface area contributed by atoms with E-state index in [4.69, 9.17) is 0 Å². The van der Waals surface area contributed by atoms with Gasteiger partial charge >= 0.3 is 0 Å². The monoisotopic (exact) mass is 395 g/mol. The summed E-state index contributed by atoms with van der Waals surface area (Å²) in [5.74, 6) is 1.06. The van der Waals surface area contributed by atoms with Crippen LogP contribution in [0, 0.1) is 19.8 Å². The van der Waals surface area contributed by atoms with Crippen molar-refractivity contribution in [3.8, 4) is 0 Å². The molecule has 0 radical (unpaired) electrons. The number of aromatic nitrogens is 2. The van der Waals surface area contributed by atoms with Crippen LogP contribution in [0.3, 0.4) is 0 Å². The molecule has 1 amide bonds. The van der Waals surface area contributed by atoms with E-state index in [2.05, 4.69) is 41.2 Å². The van der Waals surface area contributed by atoms with E-state index in [1.54, 1.807) is 6.92 Å². The highest BCUT2D eigenvalue weighted by Crippen LogP contribution is 2.24. The minimum absolute atomic E-state index is 0.186. The number of carbonyl (C=O) groups excluding carboxylic acids is 1. The predicted molar refractivity (Wildman–Crippen MR) is 116 cm³/mol. The molecule has 1 fully saturated rings. The summed E-state index contributed by atoms with van der Waals surface area (Å²) >= 11 is 0. The first kappa shape index (κ1) is 21.3. The van der Waals surface area contributed by atoms with E-state index in [-0.39, 0.29) is 22.4 Å². The first-order valence-corrected chi connectivity index (χ1v) is 10.6. The average molecular weight is 396 g/mol. The molecular weight excluding hydrogens is 362 g/mol. The molecule has 2 aromatic rings. The van der Waals surface area contributed by atoms with Crippen molar-refractivity contribution in [1.82, 2.24) is 14.9 Å². The molecule has 2 heterocycles. The van der Waals surface area contributed by atoms with E-state index in [1.807, 2.05) is 25.7 Å². The summed E-state index contributed by atoms with van der Waals surface area (Å²) in [6.07, 6.45) is 4.20. The lowest BCUT2D eigenvalue weighted by atomic mass is 9.90. The molecule has 5 nitrogen and oxygen atoms in total. The summed E-state index contributed by atoms with van der Waals surface area (Å²) in [5, 5.41) is 0. The number of nitrogens with zero attached hydrogens (tertiary/aromatic N) is 2. The van der Waals surface area contributed by atoms with E-state index in [1.165, 1.54) is 11.1 Å². The van der Waals surface area contributed by atoms with Crippen molar-refractivity contribution in [3.63, 3.8) is 0 Å². The topological polar surface area (TPSA) is 66.1 Å². The van der Waals surface area contributed by atoms with Gasteiger partial charge in [-0.25, -0.2) is 4.98 Å². The fourth-order valence-electron chi connectivity index (χ4n) is 3.90. The number of aryl methyl sites for hydroxylation is 3. The van der Waals surface area contributed by atoms with Crippen molar-refractivity contribution in [2.75, 3.05) is 13.1 Å². The Kier molecular flexibility index (Phi) is 6.25. The molecule has 1 saturated heterocycles. The first-order chi connectivity index (χ1) is 13.6. The second-order valence-corrected chi connectivity index (χ2v) is 9.38. The summed E-state index contributed by atoms with van der Waals surface area (Å²) in [6, 6.07) is 8.74. The van der Waals surface area contributed by atoms with Crippen LogP contribution in [0.4, 0.5) is 0 Å². The van der Waals surface area contributed by atoms with E-state index in [0.717, 1.165) is 25.7 Å². The average Bonchev–Trinajstić information content (AvgIpc) is 2.66. The zero-order chi connectivity index (χ0) is 21.2. The Bertz CT molecular complexity index is 915. The first-order valence-electron chi connectivity index (χ1n) is 10.6. The molecule has 29 heavy (non-hydrogen) atoms. The molecule has 1 aromatic heterocycles. The van der Waals surface area contributed by atoms with E-state index in [9.17, 15) is 9.59 Å². The maximum atomic E-state index is 13.0. The zero-order valence-electron chi connectivity index (χ0n) is 18.3. The molecule has 1 aliphatic rings. The van der Waals surface area contributed by atoms with Gasteiger partial charge in [-0.1, -0.05) is 50.6 Å². The molecule has 0 saturated carbocycles. The maximum absolute atomic E-state index is 13.0. The molecule has 5 heteroatoms. The Morgan fingerprint density at radius 1 is 1.14 bits per heavy atom. The van der Waals surface area contributed by atoms with Gasteiger partial charge in [-0.2, -0.15) is 0 Å². The van der Waals surface area contributed by atoms with Gasteiger partial charge in [0.2, 0.25) is 0 Å². The Labute approximate surface area is 173 Å². The number of likely N-dealkylation sites (tertiary alicyclic amines) is 1. The van der Waals surface area contributed by atoms with Crippen LogP contribution in [0.15, 0.2) is 29.1 Å². The third kappa shape index (κ3) is 5.14. The largest absolute Gasteiger partial charge is 0.338 e. The van der Waals surface area contributed by atoms with E-state index >= 15 is 0 Å². The fourth-order valence-corrected chi connectivity index (χ4v) is 3.90. The Hall–Kier alpha value is -2.43. The fraction of sp³-hybridized carbons (Fsp3) is 0.542. The van der Waals surface area contributed by atoms with Gasteiger partial charge in [0.25, 0.3) is 11.5 Å². The molecule has 0 bridgehead atoms. The van der Waals surface area contributed by atoms with Crippen LogP contribution in [0.5, 0.6) is 0 Å². The molecule has 1 aromatic carbocycles. The maximum Gasteiger partial charge on any atom is 0.264 e. The van der Waals surface area contributed by atoms with Gasteiger partial charge in [0.05, 0.1) is 5.69 Å². The number of benzene rings is 1. The number of piperidine rings is 1. The Morgan fingerprint density at radius 3 is 2.31 bits per heavy atom. The summed E-state index contributed by atoms with van der Waals surface area (Å²) in [7, 11) is 0. The Morgan fingerprint density at radius 2 is 1.76 bits per heavy atom. The van der Waals surface area contributed by atoms with Gasteiger partial charge in [0.15, 0.2) is 0 Å². The van der Waals surface area contributed by atoms with Gasteiger partial charge in [0.1, 0.15) is 11.4 Å². The van der Waals surface area contributed by atoms with Crippen LogP contribution in [-0.4, -0.2) is 33.9 Å². The molecule has 1 N–H and O–H groups in total. The van der Waals surface area contributed by atoms with E-state index in [0.29, 0.717) is 30.5 Å². The predicted octanol–water partition coefficient (Wildman–Crippen LogP) is 4.17. The molecule has 0 aliphatic carbocycles. The lowest BCUT2D eigenvalue weighted by Gasteiger charge is -2.32. The van der Waals surface area contributed by atoms with Crippen molar-refractivity contribution in [3.05, 3.63) is 62.8 Å². The van der Waals surface area contributed by atoms with Gasteiger partial charge in [-0.3, -0.25) is 9.59 Å². The third-order valence-corrected chi connectivity index (χ3v) is 5.89. The van der Waals surface area contributed by atoms with Crippen LogP contribution >= 0.6 is 0 Å². The second kappa shape index (κ2) is 8.52. The number of H-pyrrole nitrogens is 1. The van der Waals surface area contributed by atoms with Crippen LogP contribution in [-0.2, 0) is 11.8 Å². The van der Waals surface area contributed by atoms with Crippen molar-refractivity contribution in [2.45, 2.75) is 65.7 Å². The molecule has 1 aliphatic heterocycles. The highest BCUT2D eigenvalue weighted by molar-refractivity contribution is 5.94. The molecule has 3 rings (SSSR count). The minimum atomic E-state index is -0.325. The van der Waals surface area contributed by atoms with Crippen molar-refractivity contribution < 1.29 is 4.79 Å². The normalized spacial score (nSPS) is 15.6. The Balaban J connectivity index is 1.60. The SMILES string of the molecule is Cc1ccc(CCC2CCN(C(=O)c3c(C)nc(C(C)(C)C)[nH]c3=O)CC2)cc1. The van der Waals surface area contributed by atoms with Crippen LogP contribution < -0.4 is 5.56 Å². The highest BCUT2D eigenvalue weighted by Gasteiger charge is 2.28. The van der Waals surface area contributed by atoms with Gasteiger partial charge in [0, 0.05) is 18.5 Å². The third-order valence-electron chi connectivity index (χ3n) is 5.89. The van der Waals surface area contributed by atoms with Gasteiger partial charge in [-0.15, -0.1) is 0 Å². The highest BCUT2D eigenvalue weighted by atomic mass is 16.2. The van der Waals surface area contributed by atoms with Crippen LogP contribution in [0.1, 0.15) is 73.0 Å². The number of amides is 1. The lowest BCUT2D eigenvalue weighted by Crippen LogP contribution is -2.42. The number of rotatable bonds is 4. The number of carbonyl (C=O) groups is 1. The van der Waals surface area contributed by atoms with Gasteiger partial charge in [-0.05, 0) is 51.0 Å². The van der Waals surface area contributed by atoms with E-state index < -0.39 is 0 Å². The number of hydrogen-bond donors (Lipinski definition) is 1. The number of hydrogen-bond acceptors (Lipinski definition) is 3. The summed E-state index contributed by atoms with van der Waals surface area (Å²) in [5.41, 5.74) is 2.79. The molecule has 156 valence electrons. The minimum Gasteiger partial charge on any atom is -0.338 e. The number of aromatic amines is 1. The van der Waals surface area contributed by atoms with Crippen molar-refractivity contribution in [2.24, 2.45) is 5.92 Å². The van der Waals surface area contributed by atoms with Crippen LogP contribution in [0.25, 0.3) is 0 Å². The van der Waals surface area contributed by atoms with Crippen LogP contribution in [0.2, 0.25) is 0 Å². The van der Waals surface area contributed by atoms with Gasteiger partial charge < -0.3 is 9.88 Å². The molecule has 0 atom stereocenters. The molecule has 0 spiro atoms. The number of nitrogens with one attached hydrogen (secondary N) is 1. The van der Waals surface area contributed by atoms with Crippen molar-refractivity contribution >= 4 is 5.91 Å². The summed E-state index contributed by atoms with van der Waals surface area (Å²) < 4.78 is 0. The molecule has 0 unspecified atom stereocenters. The lowest BCUT2D eigenvalue weighted by molar-refractivity contribution is 0.0683. The zero-order valence-corrected chi connectivity index (χ0v) is 18.3. The standard InChI is InChI=1S/C24H33N3O2/c1-16-6-8-18(9-7-16)10-11-19-12-14-27(15-13-19)22(29)20-17(2)25-23(24(3,4)5)26-21(20)28/h6-9,19H,10-15H2,1-5H3,(H,25,26,28).